The minimum Gasteiger partial charge on any atom is -0.508 e. The number of thiol groups is 1. The van der Waals surface area contributed by atoms with Crippen molar-refractivity contribution in [1.82, 2.24) is 16.0 Å². The summed E-state index contributed by atoms with van der Waals surface area (Å²) in [6.07, 6.45) is 0.332. The Morgan fingerprint density at radius 2 is 1.56 bits per heavy atom. The second-order valence-corrected chi connectivity index (χ2v) is 7.65. The van der Waals surface area contributed by atoms with Crippen molar-refractivity contribution in [2.45, 2.75) is 37.4 Å². The average Bonchev–Trinajstić information content (AvgIpc) is 2.79. The van der Waals surface area contributed by atoms with Gasteiger partial charge >= 0.3 is 5.97 Å². The average molecular weight is 498 g/mol. The van der Waals surface area contributed by atoms with E-state index in [0.29, 0.717) is 12.0 Å². The van der Waals surface area contributed by atoms with Crippen LogP contribution in [0.2, 0.25) is 0 Å². The second-order valence-electron chi connectivity index (χ2n) is 7.29. The summed E-state index contributed by atoms with van der Waals surface area (Å²) in [6, 6.07) is 2.37. The number of nitrogens with zero attached hydrogens (tertiary/aromatic N) is 1. The molecule has 0 aliphatic rings. The van der Waals surface area contributed by atoms with Gasteiger partial charge in [0.15, 0.2) is 5.96 Å². The van der Waals surface area contributed by atoms with Crippen molar-refractivity contribution in [2.75, 3.05) is 18.8 Å². The van der Waals surface area contributed by atoms with Crippen LogP contribution in [0.5, 0.6) is 5.75 Å². The third-order valence-corrected chi connectivity index (χ3v) is 4.95. The maximum Gasteiger partial charge on any atom is 0.326 e. The van der Waals surface area contributed by atoms with Crippen LogP contribution in [0, 0.1) is 0 Å². The number of carboxylic acids is 1. The quantitative estimate of drug-likeness (QED) is 0.0567. The highest BCUT2D eigenvalue weighted by Gasteiger charge is 2.29. The number of amides is 3. The minimum atomic E-state index is -1.30. The van der Waals surface area contributed by atoms with Crippen LogP contribution in [0.25, 0.3) is 0 Å². The Morgan fingerprint density at radius 1 is 0.971 bits per heavy atom. The van der Waals surface area contributed by atoms with Gasteiger partial charge in [-0.1, -0.05) is 12.1 Å². The predicted molar refractivity (Wildman–Crippen MR) is 128 cm³/mol. The van der Waals surface area contributed by atoms with E-state index in [2.05, 4.69) is 33.6 Å². The Balaban J connectivity index is 2.96. The first-order chi connectivity index (χ1) is 16.1. The minimum absolute atomic E-state index is 0.0173. The summed E-state index contributed by atoms with van der Waals surface area (Å²) in [4.78, 5) is 52.6. The van der Waals surface area contributed by atoms with Gasteiger partial charge in [-0.15, -0.1) is 0 Å². The van der Waals surface area contributed by atoms with Gasteiger partial charge in [0.2, 0.25) is 17.7 Å². The number of nitrogens with one attached hydrogen (secondary N) is 3. The van der Waals surface area contributed by atoms with Gasteiger partial charge in [-0.25, -0.2) is 4.79 Å². The van der Waals surface area contributed by atoms with Crippen LogP contribution < -0.4 is 33.2 Å². The predicted octanol–water partition coefficient (Wildman–Crippen LogP) is -2.58. The van der Waals surface area contributed by atoms with Gasteiger partial charge in [0.05, 0.1) is 6.54 Å². The molecule has 1 aromatic carbocycles. The lowest BCUT2D eigenvalue weighted by Gasteiger charge is -2.24. The molecule has 1 rings (SSSR count). The molecule has 3 atom stereocenters. The number of aliphatic carboxylic acids is 1. The normalized spacial score (nSPS) is 13.1. The number of aliphatic imine (C=N–C) groups is 1. The van der Waals surface area contributed by atoms with E-state index in [1.807, 2.05) is 0 Å². The number of hydrogen-bond donors (Lipinski definition) is 9. The number of phenolic OH excluding ortho intramolecular Hbond substituents is 1. The summed E-state index contributed by atoms with van der Waals surface area (Å²) in [6.45, 7) is -0.157. The van der Waals surface area contributed by atoms with Crippen molar-refractivity contribution in [3.8, 4) is 5.75 Å². The number of hydrogen-bond acceptors (Lipinski definition) is 8. The van der Waals surface area contributed by atoms with E-state index >= 15 is 0 Å². The summed E-state index contributed by atoms with van der Waals surface area (Å²) in [5, 5.41) is 26.3. The molecule has 0 heterocycles. The van der Waals surface area contributed by atoms with E-state index in [9.17, 15) is 29.4 Å². The number of carboxylic acid groups (broad SMARTS) is 1. The smallest absolute Gasteiger partial charge is 0.326 e. The zero-order chi connectivity index (χ0) is 25.7. The second kappa shape index (κ2) is 14.6. The van der Waals surface area contributed by atoms with Crippen LogP contribution in [0.3, 0.4) is 0 Å². The van der Waals surface area contributed by atoms with Crippen molar-refractivity contribution >= 4 is 42.3 Å². The topological polar surface area (TPSA) is 235 Å². The molecule has 0 spiro atoms. The zero-order valence-corrected chi connectivity index (χ0v) is 19.3. The highest BCUT2D eigenvalue weighted by Crippen LogP contribution is 2.12. The molecular formula is C20H31N7O6S. The molecule has 3 amide bonds. The van der Waals surface area contributed by atoms with Gasteiger partial charge < -0.3 is 43.4 Å². The molecule has 13 nitrogen and oxygen atoms in total. The Labute approximate surface area is 201 Å². The first kappa shape index (κ1) is 28.5. The van der Waals surface area contributed by atoms with E-state index in [1.165, 1.54) is 24.3 Å². The van der Waals surface area contributed by atoms with Crippen molar-refractivity contribution in [1.29, 1.82) is 0 Å². The molecule has 0 aliphatic heterocycles. The lowest BCUT2D eigenvalue weighted by molar-refractivity contribution is -0.142. The van der Waals surface area contributed by atoms with Crippen LogP contribution in [-0.4, -0.2) is 76.8 Å². The third-order valence-electron chi connectivity index (χ3n) is 4.59. The Bertz CT molecular complexity index is 877. The van der Waals surface area contributed by atoms with Crippen LogP contribution >= 0.6 is 12.6 Å². The van der Waals surface area contributed by atoms with Gasteiger partial charge in [-0.3, -0.25) is 19.4 Å². The summed E-state index contributed by atoms with van der Waals surface area (Å²) >= 11 is 4.04. The van der Waals surface area contributed by atoms with Gasteiger partial charge in [-0.05, 0) is 30.5 Å². The van der Waals surface area contributed by atoms with E-state index in [-0.39, 0.29) is 43.4 Å². The fourth-order valence-corrected chi connectivity index (χ4v) is 3.09. The van der Waals surface area contributed by atoms with Crippen LogP contribution in [0.15, 0.2) is 29.3 Å². The molecular weight excluding hydrogens is 466 g/mol. The van der Waals surface area contributed by atoms with Crippen LogP contribution in [0.1, 0.15) is 18.4 Å². The first-order valence-electron chi connectivity index (χ1n) is 10.3. The Hall–Kier alpha value is -3.52. The Morgan fingerprint density at radius 3 is 2.09 bits per heavy atom. The molecule has 1 aromatic rings. The molecule has 0 saturated heterocycles. The lowest BCUT2D eigenvalue weighted by Crippen LogP contribution is -2.57. The summed E-state index contributed by atoms with van der Waals surface area (Å²) in [5.74, 6) is -3.47. The fraction of sp³-hybridized carbons (Fsp3) is 0.450. The van der Waals surface area contributed by atoms with E-state index in [0.717, 1.165) is 0 Å². The lowest BCUT2D eigenvalue weighted by atomic mass is 10.0. The number of guanidine groups is 1. The number of carbonyl (C=O) groups is 4. The van der Waals surface area contributed by atoms with Gasteiger partial charge in [0, 0.05) is 18.7 Å². The van der Waals surface area contributed by atoms with Crippen molar-refractivity contribution < 1.29 is 29.4 Å². The highest BCUT2D eigenvalue weighted by molar-refractivity contribution is 7.80. The molecule has 0 bridgehead atoms. The number of carbonyl (C=O) groups excluding carboxylic acids is 3. The van der Waals surface area contributed by atoms with Gasteiger partial charge in [0.25, 0.3) is 0 Å². The standard InChI is InChI=1S/C20H31N7O6S/c21-9-16(29)25-15(10-34)18(31)26-13(2-1-7-24-20(22)23)17(30)27-14(19(32)33)8-11-3-5-12(28)6-4-11/h3-6,13-15,28,34H,1-2,7-10,21H2,(H,25,29)(H,26,31)(H,27,30)(H,32,33)(H4,22,23,24). The molecule has 34 heavy (non-hydrogen) atoms. The molecule has 188 valence electrons. The van der Waals surface area contributed by atoms with Crippen molar-refractivity contribution in [2.24, 2.45) is 22.2 Å². The maximum absolute atomic E-state index is 12.9. The van der Waals surface area contributed by atoms with Gasteiger partial charge in [-0.2, -0.15) is 12.6 Å². The van der Waals surface area contributed by atoms with Crippen LogP contribution in [-0.2, 0) is 25.6 Å². The molecule has 0 aromatic heterocycles. The fourth-order valence-electron chi connectivity index (χ4n) is 2.83. The SMILES string of the molecule is NCC(=O)NC(CS)C(=O)NC(CCCN=C(N)N)C(=O)NC(Cc1ccc(O)cc1)C(=O)O. The molecule has 0 radical (unpaired) electrons. The number of aromatic hydroxyl groups is 1. The third kappa shape index (κ3) is 10.4. The van der Waals surface area contributed by atoms with Crippen molar-refractivity contribution in [3.05, 3.63) is 29.8 Å². The van der Waals surface area contributed by atoms with E-state index in [4.69, 9.17) is 17.2 Å². The number of rotatable bonds is 14. The molecule has 3 unspecified atom stereocenters. The number of phenols is 1. The van der Waals surface area contributed by atoms with Gasteiger partial charge in [0.1, 0.15) is 23.9 Å². The largest absolute Gasteiger partial charge is 0.508 e. The number of nitrogens with two attached hydrogens (primary N) is 3. The molecule has 0 aliphatic carbocycles. The number of benzene rings is 1. The summed E-state index contributed by atoms with van der Waals surface area (Å²) in [5.41, 5.74) is 16.4. The highest BCUT2D eigenvalue weighted by atomic mass is 32.1. The Kier molecular flexibility index (Phi) is 12.2. The molecule has 0 saturated carbocycles. The van der Waals surface area contributed by atoms with Crippen molar-refractivity contribution in [3.63, 3.8) is 0 Å². The molecule has 0 fully saturated rings. The maximum atomic E-state index is 12.9. The summed E-state index contributed by atoms with van der Waals surface area (Å²) in [7, 11) is 0. The molecule has 11 N–H and O–H groups in total. The summed E-state index contributed by atoms with van der Waals surface area (Å²) < 4.78 is 0. The monoisotopic (exact) mass is 497 g/mol. The van der Waals surface area contributed by atoms with E-state index < -0.39 is 41.8 Å². The van der Waals surface area contributed by atoms with Crippen LogP contribution in [0.4, 0.5) is 0 Å². The molecule has 14 heteroatoms. The van der Waals surface area contributed by atoms with E-state index in [1.54, 1.807) is 0 Å². The first-order valence-corrected chi connectivity index (χ1v) is 11.0. The zero-order valence-electron chi connectivity index (χ0n) is 18.4.